The van der Waals surface area contributed by atoms with Crippen LogP contribution in [0.1, 0.15) is 24.8 Å². The predicted octanol–water partition coefficient (Wildman–Crippen LogP) is 1.55. The molecule has 2 atom stereocenters. The van der Waals surface area contributed by atoms with E-state index in [-0.39, 0.29) is 0 Å². The summed E-state index contributed by atoms with van der Waals surface area (Å²) in [6.45, 7) is 3.34. The molecule has 1 aromatic rings. The first kappa shape index (κ1) is 7.74. The topological polar surface area (TPSA) is 24.9 Å². The molecule has 1 aliphatic rings. The minimum absolute atomic E-state index is 0.662. The van der Waals surface area contributed by atoms with Crippen molar-refractivity contribution >= 4 is 0 Å². The van der Waals surface area contributed by atoms with Gasteiger partial charge in [0.05, 0.1) is 0 Å². The number of pyridine rings is 1. The van der Waals surface area contributed by atoms with E-state index in [1.165, 1.54) is 12.0 Å². The highest BCUT2D eigenvalue weighted by molar-refractivity contribution is 5.17. The molecule has 64 valence electrons. The highest BCUT2D eigenvalue weighted by Crippen LogP contribution is 2.24. The fraction of sp³-hybridized carbons (Fsp3) is 0.500. The first-order valence-corrected chi connectivity index (χ1v) is 4.49. The van der Waals surface area contributed by atoms with Crippen LogP contribution in [0.4, 0.5) is 0 Å². The number of nitrogens with zero attached hydrogens (tertiary/aromatic N) is 1. The molecule has 0 aromatic carbocycles. The molecule has 0 amide bonds. The molecule has 1 N–H and O–H groups in total. The van der Waals surface area contributed by atoms with E-state index in [9.17, 15) is 0 Å². The average Bonchev–Trinajstić information content (AvgIpc) is 2.54. The molecule has 2 heterocycles. The second kappa shape index (κ2) is 3.23. The molecule has 1 saturated heterocycles. The Bertz CT molecular complexity index is 245. The quantitative estimate of drug-likeness (QED) is 0.677. The fourth-order valence-electron chi connectivity index (χ4n) is 1.81. The van der Waals surface area contributed by atoms with Gasteiger partial charge in [-0.2, -0.15) is 0 Å². The van der Waals surface area contributed by atoms with Crippen molar-refractivity contribution in [2.45, 2.75) is 25.3 Å². The summed E-state index contributed by atoms with van der Waals surface area (Å²) in [5, 5.41) is 3.44. The molecule has 1 aliphatic heterocycles. The van der Waals surface area contributed by atoms with Crippen molar-refractivity contribution in [3.63, 3.8) is 0 Å². The van der Waals surface area contributed by atoms with Crippen LogP contribution in [0.5, 0.6) is 0 Å². The Morgan fingerprint density at radius 2 is 2.50 bits per heavy atom. The van der Waals surface area contributed by atoms with Crippen LogP contribution in [0.2, 0.25) is 0 Å². The van der Waals surface area contributed by atoms with Crippen LogP contribution >= 0.6 is 0 Å². The highest BCUT2D eigenvalue weighted by Gasteiger charge is 2.21. The van der Waals surface area contributed by atoms with Crippen LogP contribution in [-0.4, -0.2) is 17.6 Å². The summed E-state index contributed by atoms with van der Waals surface area (Å²) in [7, 11) is 0. The van der Waals surface area contributed by atoms with Crippen molar-refractivity contribution in [2.75, 3.05) is 6.54 Å². The van der Waals surface area contributed by atoms with Crippen molar-refractivity contribution in [2.24, 2.45) is 0 Å². The zero-order valence-corrected chi connectivity index (χ0v) is 7.33. The molecule has 0 unspecified atom stereocenters. The van der Waals surface area contributed by atoms with Crippen LogP contribution in [0.15, 0.2) is 24.5 Å². The zero-order chi connectivity index (χ0) is 8.39. The first-order chi connectivity index (χ1) is 5.86. The molecule has 0 saturated carbocycles. The van der Waals surface area contributed by atoms with E-state index < -0.39 is 0 Å². The summed E-state index contributed by atoms with van der Waals surface area (Å²) in [6, 6.07) is 4.84. The summed E-state index contributed by atoms with van der Waals surface area (Å²) >= 11 is 0. The molecule has 0 aliphatic carbocycles. The lowest BCUT2D eigenvalue weighted by Crippen LogP contribution is -2.16. The maximum absolute atomic E-state index is 4.13. The van der Waals surface area contributed by atoms with Gasteiger partial charge in [0.25, 0.3) is 0 Å². The van der Waals surface area contributed by atoms with Crippen molar-refractivity contribution in [3.8, 4) is 0 Å². The van der Waals surface area contributed by atoms with Gasteiger partial charge in [0, 0.05) is 25.0 Å². The Kier molecular flexibility index (Phi) is 2.09. The number of hydrogen-bond donors (Lipinski definition) is 1. The van der Waals surface area contributed by atoms with E-state index >= 15 is 0 Å². The molecule has 0 spiro atoms. The number of nitrogens with one attached hydrogen (secondary N) is 1. The van der Waals surface area contributed by atoms with E-state index in [1.807, 2.05) is 18.5 Å². The smallest absolute Gasteiger partial charge is 0.0303 e. The van der Waals surface area contributed by atoms with Crippen molar-refractivity contribution in [1.82, 2.24) is 10.3 Å². The minimum atomic E-state index is 0.662. The number of hydrogen-bond acceptors (Lipinski definition) is 2. The third kappa shape index (κ3) is 1.48. The molecule has 1 fully saturated rings. The summed E-state index contributed by atoms with van der Waals surface area (Å²) < 4.78 is 0. The average molecular weight is 162 g/mol. The second-order valence-electron chi connectivity index (χ2n) is 3.53. The van der Waals surface area contributed by atoms with Gasteiger partial charge in [0.2, 0.25) is 0 Å². The summed E-state index contributed by atoms with van der Waals surface area (Å²) in [5.74, 6) is 0.675. The molecule has 2 heteroatoms. The Labute approximate surface area is 73.0 Å². The second-order valence-corrected chi connectivity index (χ2v) is 3.53. The van der Waals surface area contributed by atoms with E-state index in [4.69, 9.17) is 0 Å². The van der Waals surface area contributed by atoms with Gasteiger partial charge in [-0.15, -0.1) is 0 Å². The number of aromatic nitrogens is 1. The Morgan fingerprint density at radius 3 is 3.08 bits per heavy atom. The molecule has 2 nitrogen and oxygen atoms in total. The first-order valence-electron chi connectivity index (χ1n) is 4.49. The van der Waals surface area contributed by atoms with Crippen LogP contribution < -0.4 is 5.32 Å². The lowest BCUT2D eigenvalue weighted by atomic mass is 9.98. The van der Waals surface area contributed by atoms with Crippen LogP contribution in [0, 0.1) is 0 Å². The molecule has 12 heavy (non-hydrogen) atoms. The predicted molar refractivity (Wildman–Crippen MR) is 49.1 cm³/mol. The van der Waals surface area contributed by atoms with Crippen molar-refractivity contribution in [3.05, 3.63) is 30.1 Å². The van der Waals surface area contributed by atoms with Gasteiger partial charge in [-0.3, -0.25) is 4.98 Å². The van der Waals surface area contributed by atoms with Gasteiger partial charge in [0.15, 0.2) is 0 Å². The minimum Gasteiger partial charge on any atom is -0.314 e. The molecule has 2 rings (SSSR count). The lowest BCUT2D eigenvalue weighted by Gasteiger charge is -2.06. The van der Waals surface area contributed by atoms with Crippen molar-refractivity contribution in [1.29, 1.82) is 0 Å². The van der Waals surface area contributed by atoms with Gasteiger partial charge in [-0.25, -0.2) is 0 Å². The van der Waals surface area contributed by atoms with E-state index in [2.05, 4.69) is 23.3 Å². The van der Waals surface area contributed by atoms with Crippen molar-refractivity contribution < 1.29 is 0 Å². The Balaban J connectivity index is 2.11. The van der Waals surface area contributed by atoms with Gasteiger partial charge < -0.3 is 5.32 Å². The molecular formula is C10H14N2. The standard InChI is InChI=1S/C10H14N2/c1-8-5-10(7-12-8)9-3-2-4-11-6-9/h2-4,6,8,10,12H,5,7H2,1H3/t8-,10+/m1/s1. The summed E-state index contributed by atoms with van der Waals surface area (Å²) in [4.78, 5) is 4.13. The summed E-state index contributed by atoms with van der Waals surface area (Å²) in [6.07, 6.45) is 5.05. The Hall–Kier alpha value is -0.890. The van der Waals surface area contributed by atoms with Crippen LogP contribution in [0.3, 0.4) is 0 Å². The number of rotatable bonds is 1. The monoisotopic (exact) mass is 162 g/mol. The van der Waals surface area contributed by atoms with Gasteiger partial charge in [0.1, 0.15) is 0 Å². The highest BCUT2D eigenvalue weighted by atomic mass is 14.9. The molecule has 0 bridgehead atoms. The normalized spacial score (nSPS) is 29.1. The molecule has 1 aromatic heterocycles. The van der Waals surface area contributed by atoms with Crippen LogP contribution in [-0.2, 0) is 0 Å². The molecular weight excluding hydrogens is 148 g/mol. The van der Waals surface area contributed by atoms with E-state index in [0.717, 1.165) is 6.54 Å². The SMILES string of the molecule is C[C@@H]1C[C@H](c2cccnc2)CN1. The third-order valence-electron chi connectivity index (χ3n) is 2.51. The van der Waals surface area contributed by atoms with E-state index in [0.29, 0.717) is 12.0 Å². The third-order valence-corrected chi connectivity index (χ3v) is 2.51. The van der Waals surface area contributed by atoms with Crippen LogP contribution in [0.25, 0.3) is 0 Å². The maximum Gasteiger partial charge on any atom is 0.0303 e. The lowest BCUT2D eigenvalue weighted by molar-refractivity contribution is 0.658. The maximum atomic E-state index is 4.13. The zero-order valence-electron chi connectivity index (χ0n) is 7.33. The largest absolute Gasteiger partial charge is 0.314 e. The van der Waals surface area contributed by atoms with Gasteiger partial charge >= 0.3 is 0 Å². The summed E-state index contributed by atoms with van der Waals surface area (Å²) in [5.41, 5.74) is 1.37. The fourth-order valence-corrected chi connectivity index (χ4v) is 1.81. The molecule has 0 radical (unpaired) electrons. The van der Waals surface area contributed by atoms with Gasteiger partial charge in [-0.05, 0) is 30.9 Å². The van der Waals surface area contributed by atoms with E-state index in [1.54, 1.807) is 0 Å². The Morgan fingerprint density at radius 1 is 1.58 bits per heavy atom. The van der Waals surface area contributed by atoms with Gasteiger partial charge in [-0.1, -0.05) is 6.07 Å².